The van der Waals surface area contributed by atoms with Crippen LogP contribution in [0.25, 0.3) is 0 Å². The molecule has 7 heteroatoms. The molecule has 2 atom stereocenters. The standard InChI is InChI=1S/C11H19N5O2/c1-9(17)6-10-4-2-3-5-16(10)11(18)7-15-8-12-13-14-15/h8-10,17H,2-7H2,1H3. The molecule has 1 aliphatic heterocycles. The fraction of sp³-hybridized carbons (Fsp3) is 0.818. The fourth-order valence-electron chi connectivity index (χ4n) is 2.45. The Morgan fingerprint density at radius 3 is 3.06 bits per heavy atom. The molecule has 1 aromatic heterocycles. The van der Waals surface area contributed by atoms with E-state index in [9.17, 15) is 9.90 Å². The molecule has 1 fully saturated rings. The van der Waals surface area contributed by atoms with E-state index in [2.05, 4.69) is 15.5 Å². The van der Waals surface area contributed by atoms with Gasteiger partial charge in [-0.3, -0.25) is 4.79 Å². The second-order valence-corrected chi connectivity index (χ2v) is 4.83. The molecule has 0 saturated carbocycles. The van der Waals surface area contributed by atoms with E-state index in [1.165, 1.54) is 11.0 Å². The van der Waals surface area contributed by atoms with Crippen LogP contribution in [0.5, 0.6) is 0 Å². The zero-order valence-corrected chi connectivity index (χ0v) is 10.6. The predicted octanol–water partition coefficient (Wildman–Crippen LogP) is -0.175. The molecule has 18 heavy (non-hydrogen) atoms. The molecule has 1 N–H and O–H groups in total. The van der Waals surface area contributed by atoms with Gasteiger partial charge in [0, 0.05) is 12.6 Å². The average molecular weight is 253 g/mol. The zero-order valence-electron chi connectivity index (χ0n) is 10.6. The molecule has 0 bridgehead atoms. The summed E-state index contributed by atoms with van der Waals surface area (Å²) in [6.45, 7) is 2.69. The molecule has 0 aromatic carbocycles. The van der Waals surface area contributed by atoms with Crippen molar-refractivity contribution >= 4 is 5.91 Å². The normalized spacial score (nSPS) is 21.9. The summed E-state index contributed by atoms with van der Waals surface area (Å²) < 4.78 is 1.43. The van der Waals surface area contributed by atoms with E-state index in [1.54, 1.807) is 6.92 Å². The lowest BCUT2D eigenvalue weighted by Gasteiger charge is -2.36. The van der Waals surface area contributed by atoms with Crippen molar-refractivity contribution in [3.8, 4) is 0 Å². The lowest BCUT2D eigenvalue weighted by molar-refractivity contribution is -0.136. The molecule has 1 amide bonds. The first-order valence-corrected chi connectivity index (χ1v) is 6.35. The lowest BCUT2D eigenvalue weighted by Crippen LogP contribution is -2.46. The molecule has 100 valence electrons. The number of carbonyl (C=O) groups is 1. The fourth-order valence-corrected chi connectivity index (χ4v) is 2.45. The van der Waals surface area contributed by atoms with Crippen LogP contribution in [0.2, 0.25) is 0 Å². The summed E-state index contributed by atoms with van der Waals surface area (Å²) in [4.78, 5) is 14.0. The largest absolute Gasteiger partial charge is 0.393 e. The van der Waals surface area contributed by atoms with E-state index in [4.69, 9.17) is 0 Å². The number of piperidine rings is 1. The Morgan fingerprint density at radius 2 is 2.39 bits per heavy atom. The van der Waals surface area contributed by atoms with Gasteiger partial charge in [0.25, 0.3) is 0 Å². The Hall–Kier alpha value is -1.50. The van der Waals surface area contributed by atoms with Gasteiger partial charge in [-0.25, -0.2) is 4.68 Å². The van der Waals surface area contributed by atoms with Crippen LogP contribution in [0.15, 0.2) is 6.33 Å². The molecule has 1 aromatic rings. The number of nitrogens with zero attached hydrogens (tertiary/aromatic N) is 5. The first-order valence-electron chi connectivity index (χ1n) is 6.35. The van der Waals surface area contributed by atoms with E-state index in [0.29, 0.717) is 6.42 Å². The van der Waals surface area contributed by atoms with Crippen molar-refractivity contribution in [1.82, 2.24) is 25.1 Å². The first kappa shape index (κ1) is 12.9. The molecule has 1 saturated heterocycles. The SMILES string of the molecule is CC(O)CC1CCCCN1C(=O)Cn1cnnn1. The molecule has 0 aliphatic carbocycles. The van der Waals surface area contributed by atoms with Gasteiger partial charge in [-0.1, -0.05) is 0 Å². The van der Waals surface area contributed by atoms with Crippen molar-refractivity contribution in [3.05, 3.63) is 6.33 Å². The van der Waals surface area contributed by atoms with Crippen LogP contribution in [-0.2, 0) is 11.3 Å². The number of aromatic nitrogens is 4. The zero-order chi connectivity index (χ0) is 13.0. The summed E-state index contributed by atoms with van der Waals surface area (Å²) in [6, 6.07) is 0.141. The number of likely N-dealkylation sites (tertiary alicyclic amines) is 1. The number of aliphatic hydroxyl groups is 1. The maximum absolute atomic E-state index is 12.2. The predicted molar refractivity (Wildman–Crippen MR) is 63.5 cm³/mol. The first-order chi connectivity index (χ1) is 8.66. The van der Waals surface area contributed by atoms with E-state index in [-0.39, 0.29) is 24.6 Å². The minimum atomic E-state index is -0.378. The summed E-state index contributed by atoms with van der Waals surface area (Å²) in [5, 5.41) is 20.2. The molecule has 2 rings (SSSR count). The molecule has 1 aliphatic rings. The van der Waals surface area contributed by atoms with E-state index in [1.807, 2.05) is 4.90 Å². The molecule has 0 radical (unpaired) electrons. The van der Waals surface area contributed by atoms with Gasteiger partial charge < -0.3 is 10.0 Å². The lowest BCUT2D eigenvalue weighted by atomic mass is 9.97. The molecule has 0 spiro atoms. The van der Waals surface area contributed by atoms with Gasteiger partial charge in [-0.2, -0.15) is 0 Å². The maximum Gasteiger partial charge on any atom is 0.244 e. The maximum atomic E-state index is 12.2. The highest BCUT2D eigenvalue weighted by molar-refractivity contribution is 5.76. The summed E-state index contributed by atoms with van der Waals surface area (Å²) in [7, 11) is 0. The Kier molecular flexibility index (Phi) is 4.24. The molecule has 2 heterocycles. The number of rotatable bonds is 4. The second kappa shape index (κ2) is 5.90. The number of hydrogen-bond donors (Lipinski definition) is 1. The summed E-state index contributed by atoms with van der Waals surface area (Å²) in [5.74, 6) is 0.0210. The number of amides is 1. The van der Waals surface area contributed by atoms with Crippen LogP contribution in [0.4, 0.5) is 0 Å². The van der Waals surface area contributed by atoms with Crippen molar-refractivity contribution in [1.29, 1.82) is 0 Å². The number of aliphatic hydroxyl groups excluding tert-OH is 1. The van der Waals surface area contributed by atoms with Gasteiger partial charge in [0.15, 0.2) is 0 Å². The number of carbonyl (C=O) groups excluding carboxylic acids is 1. The average Bonchev–Trinajstić information content (AvgIpc) is 2.81. The molecular weight excluding hydrogens is 234 g/mol. The minimum Gasteiger partial charge on any atom is -0.393 e. The second-order valence-electron chi connectivity index (χ2n) is 4.83. The third-order valence-electron chi connectivity index (χ3n) is 3.25. The van der Waals surface area contributed by atoms with Crippen LogP contribution in [-0.4, -0.2) is 54.8 Å². The third kappa shape index (κ3) is 3.25. The van der Waals surface area contributed by atoms with Crippen molar-refractivity contribution in [2.75, 3.05) is 6.54 Å². The third-order valence-corrected chi connectivity index (χ3v) is 3.25. The summed E-state index contributed by atoms with van der Waals surface area (Å²) in [5.41, 5.74) is 0. The van der Waals surface area contributed by atoms with E-state index in [0.717, 1.165) is 25.8 Å². The monoisotopic (exact) mass is 253 g/mol. The van der Waals surface area contributed by atoms with E-state index < -0.39 is 0 Å². The Morgan fingerprint density at radius 1 is 1.56 bits per heavy atom. The Labute approximate surface area is 106 Å². The Balaban J connectivity index is 1.97. The summed E-state index contributed by atoms with van der Waals surface area (Å²) in [6.07, 6.45) is 4.81. The summed E-state index contributed by atoms with van der Waals surface area (Å²) >= 11 is 0. The molecule has 7 nitrogen and oxygen atoms in total. The molecular formula is C11H19N5O2. The van der Waals surface area contributed by atoms with Crippen LogP contribution >= 0.6 is 0 Å². The van der Waals surface area contributed by atoms with Crippen molar-refractivity contribution in [2.45, 2.75) is 51.3 Å². The number of tetrazole rings is 1. The Bertz CT molecular complexity index is 379. The molecule has 2 unspecified atom stereocenters. The van der Waals surface area contributed by atoms with Gasteiger partial charge in [0.1, 0.15) is 12.9 Å². The van der Waals surface area contributed by atoms with Gasteiger partial charge >= 0.3 is 0 Å². The van der Waals surface area contributed by atoms with Crippen LogP contribution in [0.1, 0.15) is 32.6 Å². The minimum absolute atomic E-state index is 0.0210. The smallest absolute Gasteiger partial charge is 0.244 e. The highest BCUT2D eigenvalue weighted by atomic mass is 16.3. The van der Waals surface area contributed by atoms with E-state index >= 15 is 0 Å². The van der Waals surface area contributed by atoms with Gasteiger partial charge in [-0.15, -0.1) is 5.10 Å². The van der Waals surface area contributed by atoms with Crippen LogP contribution < -0.4 is 0 Å². The van der Waals surface area contributed by atoms with Crippen LogP contribution in [0.3, 0.4) is 0 Å². The van der Waals surface area contributed by atoms with Gasteiger partial charge in [0.2, 0.25) is 5.91 Å². The number of hydrogen-bond acceptors (Lipinski definition) is 5. The van der Waals surface area contributed by atoms with Gasteiger partial charge in [-0.05, 0) is 43.0 Å². The topological polar surface area (TPSA) is 84.1 Å². The van der Waals surface area contributed by atoms with Crippen molar-refractivity contribution in [3.63, 3.8) is 0 Å². The highest BCUT2D eigenvalue weighted by Gasteiger charge is 2.27. The van der Waals surface area contributed by atoms with Crippen LogP contribution in [0, 0.1) is 0 Å². The van der Waals surface area contributed by atoms with Crippen molar-refractivity contribution in [2.24, 2.45) is 0 Å². The highest BCUT2D eigenvalue weighted by Crippen LogP contribution is 2.21. The van der Waals surface area contributed by atoms with Crippen molar-refractivity contribution < 1.29 is 9.90 Å². The van der Waals surface area contributed by atoms with Gasteiger partial charge in [0.05, 0.1) is 6.10 Å². The quantitative estimate of drug-likeness (QED) is 0.805.